The summed E-state index contributed by atoms with van der Waals surface area (Å²) in [4.78, 5) is 46.2. The van der Waals surface area contributed by atoms with E-state index in [1.807, 2.05) is 0 Å². The fraction of sp³-hybridized carbons (Fsp3) is 0.714. The minimum Gasteiger partial charge on any atom is -0.456 e. The van der Waals surface area contributed by atoms with Gasteiger partial charge in [-0.3, -0.25) is 19.2 Å². The zero-order valence-corrected chi connectivity index (χ0v) is 13.8. The molecule has 10 nitrogen and oxygen atoms in total. The first-order chi connectivity index (χ1) is 11.0. The third-order valence-corrected chi connectivity index (χ3v) is 3.48. The molecule has 1 aliphatic rings. The van der Waals surface area contributed by atoms with Crippen molar-refractivity contribution in [1.82, 2.24) is 0 Å². The van der Waals surface area contributed by atoms with Crippen LogP contribution in [0.1, 0.15) is 27.7 Å². The second-order valence-corrected chi connectivity index (χ2v) is 5.39. The van der Waals surface area contributed by atoms with Gasteiger partial charge >= 0.3 is 17.9 Å². The van der Waals surface area contributed by atoms with Crippen LogP contribution in [0.5, 0.6) is 0 Å². The molecule has 0 amide bonds. The van der Waals surface area contributed by atoms with Gasteiger partial charge in [-0.25, -0.2) is 0 Å². The highest BCUT2D eigenvalue weighted by Gasteiger charge is 2.62. The Labute approximate surface area is 138 Å². The van der Waals surface area contributed by atoms with E-state index in [-0.39, 0.29) is 0 Å². The lowest BCUT2D eigenvalue weighted by atomic mass is 9.80. The highest BCUT2D eigenvalue weighted by molar-refractivity contribution is 5.88. The maximum Gasteiger partial charge on any atom is 0.305 e. The van der Waals surface area contributed by atoms with E-state index in [4.69, 9.17) is 24.7 Å². The van der Waals surface area contributed by atoms with Crippen LogP contribution in [0.4, 0.5) is 0 Å². The topological polar surface area (TPSA) is 151 Å². The molecule has 1 saturated heterocycles. The summed E-state index contributed by atoms with van der Waals surface area (Å²) >= 11 is 0. The molecule has 1 fully saturated rings. The molecular formula is C14H21NO9. The van der Waals surface area contributed by atoms with E-state index in [1.165, 1.54) is 0 Å². The SMILES string of the molecule is CC(=O)O[C@@H]1[C@@H](CO)O[C@H](OC(C)=O)[C@](N)(C(C)=O)[C@H]1OC(C)=O. The van der Waals surface area contributed by atoms with Crippen LogP contribution in [0.25, 0.3) is 0 Å². The van der Waals surface area contributed by atoms with Gasteiger partial charge < -0.3 is 29.8 Å². The second-order valence-electron chi connectivity index (χ2n) is 5.39. The fourth-order valence-electron chi connectivity index (χ4n) is 2.41. The molecule has 0 radical (unpaired) electrons. The quantitative estimate of drug-likeness (QED) is 0.440. The van der Waals surface area contributed by atoms with Crippen molar-refractivity contribution in [3.05, 3.63) is 0 Å². The monoisotopic (exact) mass is 347 g/mol. The molecule has 1 aliphatic heterocycles. The van der Waals surface area contributed by atoms with Crippen molar-refractivity contribution in [2.24, 2.45) is 5.73 Å². The van der Waals surface area contributed by atoms with E-state index in [2.05, 4.69) is 0 Å². The summed E-state index contributed by atoms with van der Waals surface area (Å²) in [5.74, 6) is -3.11. The molecule has 1 heterocycles. The van der Waals surface area contributed by atoms with E-state index >= 15 is 0 Å². The van der Waals surface area contributed by atoms with Gasteiger partial charge in [0.2, 0.25) is 6.29 Å². The number of nitrogens with two attached hydrogens (primary N) is 1. The largest absolute Gasteiger partial charge is 0.456 e. The fourth-order valence-corrected chi connectivity index (χ4v) is 2.41. The van der Waals surface area contributed by atoms with Crippen molar-refractivity contribution in [2.45, 2.75) is 57.8 Å². The lowest BCUT2D eigenvalue weighted by molar-refractivity contribution is -0.283. The maximum atomic E-state index is 12.1. The van der Waals surface area contributed by atoms with Crippen molar-refractivity contribution in [3.63, 3.8) is 0 Å². The van der Waals surface area contributed by atoms with Crippen molar-refractivity contribution >= 4 is 23.7 Å². The second kappa shape index (κ2) is 7.69. The van der Waals surface area contributed by atoms with Crippen molar-refractivity contribution in [1.29, 1.82) is 0 Å². The summed E-state index contributed by atoms with van der Waals surface area (Å²) < 4.78 is 20.4. The average molecular weight is 347 g/mol. The van der Waals surface area contributed by atoms with Crippen molar-refractivity contribution in [3.8, 4) is 0 Å². The Hall–Kier alpha value is -2.04. The molecule has 0 aromatic heterocycles. The van der Waals surface area contributed by atoms with Crippen LogP contribution in [-0.2, 0) is 38.1 Å². The molecule has 5 atom stereocenters. The standard InChI is InChI=1S/C14H21NO9/c1-6(17)14(15)12(22-8(3)19)11(21-7(2)18)10(5-16)24-13(14)23-9(4)20/h10-13,16H,5,15H2,1-4H3/t10-,11-,12+,13+,14+/m1/s1. The number of aliphatic hydroxyl groups excluding tert-OH is 1. The van der Waals surface area contributed by atoms with Gasteiger partial charge in [-0.1, -0.05) is 0 Å². The summed E-state index contributed by atoms with van der Waals surface area (Å²) in [7, 11) is 0. The third kappa shape index (κ3) is 4.08. The summed E-state index contributed by atoms with van der Waals surface area (Å²) in [6, 6.07) is 0. The lowest BCUT2D eigenvalue weighted by Gasteiger charge is -2.48. The molecule has 0 bridgehead atoms. The van der Waals surface area contributed by atoms with Crippen LogP contribution in [-0.4, -0.2) is 65.5 Å². The normalized spacial score (nSPS) is 32.6. The number of ketones is 1. The van der Waals surface area contributed by atoms with Gasteiger partial charge in [0, 0.05) is 20.8 Å². The zero-order chi connectivity index (χ0) is 18.7. The van der Waals surface area contributed by atoms with Crippen LogP contribution < -0.4 is 5.73 Å². The van der Waals surface area contributed by atoms with Gasteiger partial charge in [-0.2, -0.15) is 0 Å². The van der Waals surface area contributed by atoms with E-state index < -0.39 is 60.4 Å². The Balaban J connectivity index is 3.40. The molecule has 10 heteroatoms. The third-order valence-electron chi connectivity index (χ3n) is 3.48. The Kier molecular flexibility index (Phi) is 6.41. The average Bonchev–Trinajstić information content (AvgIpc) is 2.44. The minimum atomic E-state index is -2.12. The number of rotatable bonds is 5. The summed E-state index contributed by atoms with van der Waals surface area (Å²) in [5.41, 5.74) is 3.95. The van der Waals surface area contributed by atoms with E-state index in [1.54, 1.807) is 0 Å². The number of carbonyl (C=O) groups excluding carboxylic acids is 4. The number of ether oxygens (including phenoxy) is 4. The molecule has 136 valence electrons. The molecule has 0 aromatic carbocycles. The molecule has 0 unspecified atom stereocenters. The molecule has 0 spiro atoms. The number of Topliss-reactive ketones (excluding diaryl/α,β-unsaturated/α-hetero) is 1. The van der Waals surface area contributed by atoms with Crippen LogP contribution in [0, 0.1) is 0 Å². The molecule has 0 aliphatic carbocycles. The van der Waals surface area contributed by atoms with Crippen LogP contribution >= 0.6 is 0 Å². The molecule has 0 saturated carbocycles. The van der Waals surface area contributed by atoms with E-state index in [0.29, 0.717) is 0 Å². The first-order valence-electron chi connectivity index (χ1n) is 7.11. The molecule has 0 aromatic rings. The number of hydrogen-bond donors (Lipinski definition) is 2. The number of aliphatic hydroxyl groups is 1. The van der Waals surface area contributed by atoms with Gasteiger partial charge in [0.1, 0.15) is 6.10 Å². The number of carbonyl (C=O) groups is 4. The Morgan fingerprint density at radius 1 is 1.00 bits per heavy atom. The summed E-state index contributed by atoms with van der Waals surface area (Å²) in [5, 5.41) is 9.46. The van der Waals surface area contributed by atoms with Gasteiger partial charge in [-0.15, -0.1) is 0 Å². The molecule has 24 heavy (non-hydrogen) atoms. The van der Waals surface area contributed by atoms with Gasteiger partial charge in [0.15, 0.2) is 23.5 Å². The minimum absolute atomic E-state index is 0.665. The molecule has 3 N–H and O–H groups in total. The highest BCUT2D eigenvalue weighted by Crippen LogP contribution is 2.34. The van der Waals surface area contributed by atoms with Crippen molar-refractivity contribution in [2.75, 3.05) is 6.61 Å². The number of esters is 3. The Bertz CT molecular complexity index is 534. The Morgan fingerprint density at radius 2 is 1.50 bits per heavy atom. The predicted molar refractivity (Wildman–Crippen MR) is 76.2 cm³/mol. The van der Waals surface area contributed by atoms with Gasteiger partial charge in [-0.05, 0) is 6.92 Å². The smallest absolute Gasteiger partial charge is 0.305 e. The predicted octanol–water partition coefficient (Wildman–Crippen LogP) is -1.58. The Morgan fingerprint density at radius 3 is 1.88 bits per heavy atom. The van der Waals surface area contributed by atoms with Crippen LogP contribution in [0.2, 0.25) is 0 Å². The molecule has 1 rings (SSSR count). The van der Waals surface area contributed by atoms with Gasteiger partial charge in [0.25, 0.3) is 0 Å². The van der Waals surface area contributed by atoms with Gasteiger partial charge in [0.05, 0.1) is 6.61 Å². The van der Waals surface area contributed by atoms with E-state index in [0.717, 1.165) is 27.7 Å². The molecular weight excluding hydrogens is 326 g/mol. The lowest BCUT2D eigenvalue weighted by Crippen LogP contribution is -2.76. The zero-order valence-electron chi connectivity index (χ0n) is 13.8. The first kappa shape index (κ1) is 20.0. The van der Waals surface area contributed by atoms with Crippen LogP contribution in [0.15, 0.2) is 0 Å². The first-order valence-corrected chi connectivity index (χ1v) is 7.11. The summed E-state index contributed by atoms with van der Waals surface area (Å²) in [6.45, 7) is 3.64. The summed E-state index contributed by atoms with van der Waals surface area (Å²) in [6.07, 6.45) is -5.75. The highest BCUT2D eigenvalue weighted by atomic mass is 16.7. The van der Waals surface area contributed by atoms with E-state index in [9.17, 15) is 24.3 Å². The van der Waals surface area contributed by atoms with Crippen molar-refractivity contribution < 1.29 is 43.2 Å². The maximum absolute atomic E-state index is 12.1. The number of hydrogen-bond acceptors (Lipinski definition) is 10. The van der Waals surface area contributed by atoms with Crippen LogP contribution in [0.3, 0.4) is 0 Å².